The van der Waals surface area contributed by atoms with Crippen LogP contribution in [0.1, 0.15) is 10.4 Å². The summed E-state index contributed by atoms with van der Waals surface area (Å²) in [5, 5.41) is 10.3. The number of hydrogen-bond acceptors (Lipinski definition) is 5. The van der Waals surface area contributed by atoms with Crippen molar-refractivity contribution in [2.45, 2.75) is 0 Å². The first kappa shape index (κ1) is 18.4. The van der Waals surface area contributed by atoms with Gasteiger partial charge in [0, 0.05) is 30.1 Å². The third-order valence-corrected chi connectivity index (χ3v) is 5.87. The summed E-state index contributed by atoms with van der Waals surface area (Å²) >= 11 is 1.58. The fourth-order valence-corrected chi connectivity index (χ4v) is 4.42. The number of morpholine rings is 1. The van der Waals surface area contributed by atoms with Gasteiger partial charge >= 0.3 is 5.97 Å². The average Bonchev–Trinajstić information content (AvgIpc) is 2.74. The molecule has 4 rings (SSSR count). The van der Waals surface area contributed by atoms with Crippen molar-refractivity contribution in [1.82, 2.24) is 0 Å². The van der Waals surface area contributed by atoms with Crippen LogP contribution in [0.3, 0.4) is 0 Å². The molecule has 2 aromatic carbocycles. The van der Waals surface area contributed by atoms with Crippen molar-refractivity contribution in [2.75, 3.05) is 31.2 Å². The second-order valence-electron chi connectivity index (χ2n) is 6.52. The molecular weight excluding hydrogens is 374 g/mol. The molecule has 6 heteroatoms. The summed E-state index contributed by atoms with van der Waals surface area (Å²) in [5.74, 6) is -0.948. The van der Waals surface area contributed by atoms with E-state index in [4.69, 9.17) is 4.74 Å². The van der Waals surface area contributed by atoms with Crippen LogP contribution < -0.4 is 10.3 Å². The third-order valence-electron chi connectivity index (χ3n) is 4.71. The number of aromatic carboxylic acids is 1. The Labute approximate surface area is 166 Å². The van der Waals surface area contributed by atoms with Gasteiger partial charge in [-0.25, -0.2) is 4.79 Å². The molecule has 0 atom stereocenters. The van der Waals surface area contributed by atoms with E-state index in [1.54, 1.807) is 41.7 Å². The molecule has 0 unspecified atom stereocenters. The summed E-state index contributed by atoms with van der Waals surface area (Å²) in [6.45, 7) is 2.90. The highest BCUT2D eigenvalue weighted by atomic mass is 32.1. The molecule has 0 aliphatic carbocycles. The number of carboxylic acid groups (broad SMARTS) is 1. The molecule has 0 radical (unpaired) electrons. The molecule has 0 spiro atoms. The highest BCUT2D eigenvalue weighted by Gasteiger charge is 2.15. The van der Waals surface area contributed by atoms with Gasteiger partial charge in [-0.3, -0.25) is 4.79 Å². The first-order valence-corrected chi connectivity index (χ1v) is 9.84. The van der Waals surface area contributed by atoms with Crippen molar-refractivity contribution >= 4 is 22.3 Å². The summed E-state index contributed by atoms with van der Waals surface area (Å²) in [5.41, 5.74) is 2.70. The third kappa shape index (κ3) is 3.83. The number of benzene rings is 2. The van der Waals surface area contributed by atoms with E-state index in [2.05, 4.69) is 4.90 Å². The Balaban J connectivity index is 1.67. The molecule has 1 N–H and O–H groups in total. The van der Waals surface area contributed by atoms with Crippen molar-refractivity contribution in [3.05, 3.63) is 76.5 Å². The van der Waals surface area contributed by atoms with E-state index in [-0.39, 0.29) is 11.0 Å². The maximum atomic E-state index is 12.2. The molecule has 0 bridgehead atoms. The smallest absolute Gasteiger partial charge is 0.336 e. The predicted octanol–water partition coefficient (Wildman–Crippen LogP) is 3.98. The Morgan fingerprint density at radius 1 is 0.964 bits per heavy atom. The number of hydrogen-bond donors (Lipinski definition) is 1. The molecule has 1 aromatic heterocycles. The molecular formula is C22H19NO4S. The first-order chi connectivity index (χ1) is 13.6. The van der Waals surface area contributed by atoms with Crippen LogP contribution in [0.5, 0.6) is 0 Å². The lowest BCUT2D eigenvalue weighted by atomic mass is 9.98. The van der Waals surface area contributed by atoms with Crippen molar-refractivity contribution in [2.24, 2.45) is 0 Å². The lowest BCUT2D eigenvalue weighted by Crippen LogP contribution is -2.36. The predicted molar refractivity (Wildman–Crippen MR) is 111 cm³/mol. The van der Waals surface area contributed by atoms with Crippen LogP contribution in [0.25, 0.3) is 21.6 Å². The molecule has 2 heterocycles. The quantitative estimate of drug-likeness (QED) is 0.726. The molecule has 3 aromatic rings. The number of carbonyl (C=O) groups is 1. The van der Waals surface area contributed by atoms with Gasteiger partial charge in [-0.15, -0.1) is 11.3 Å². The van der Waals surface area contributed by atoms with Crippen molar-refractivity contribution in [3.8, 4) is 21.6 Å². The van der Waals surface area contributed by atoms with Crippen LogP contribution in [0.4, 0.5) is 5.00 Å². The van der Waals surface area contributed by atoms with Gasteiger partial charge in [-0.2, -0.15) is 0 Å². The van der Waals surface area contributed by atoms with Crippen LogP contribution in [0.15, 0.2) is 65.5 Å². The SMILES string of the molecule is O=C(O)c1ccccc1-c1ccc(-c2cc(=O)cc(N3CCOCC3)s2)cc1. The van der Waals surface area contributed by atoms with Crippen molar-refractivity contribution in [3.63, 3.8) is 0 Å². The van der Waals surface area contributed by atoms with E-state index < -0.39 is 5.97 Å². The molecule has 5 nitrogen and oxygen atoms in total. The summed E-state index contributed by atoms with van der Waals surface area (Å²) in [6.07, 6.45) is 0. The largest absolute Gasteiger partial charge is 0.478 e. The van der Waals surface area contributed by atoms with Gasteiger partial charge in [0.15, 0.2) is 5.43 Å². The van der Waals surface area contributed by atoms with Crippen LogP contribution >= 0.6 is 11.3 Å². The number of rotatable bonds is 4. The van der Waals surface area contributed by atoms with E-state index >= 15 is 0 Å². The molecule has 1 aliphatic rings. The Morgan fingerprint density at radius 2 is 1.64 bits per heavy atom. The molecule has 142 valence electrons. The summed E-state index contributed by atoms with van der Waals surface area (Å²) < 4.78 is 5.39. The monoisotopic (exact) mass is 393 g/mol. The van der Waals surface area contributed by atoms with Gasteiger partial charge in [0.1, 0.15) is 0 Å². The highest BCUT2D eigenvalue weighted by Crippen LogP contribution is 2.32. The molecule has 0 saturated carbocycles. The topological polar surface area (TPSA) is 66.8 Å². The van der Waals surface area contributed by atoms with E-state index in [0.29, 0.717) is 18.8 Å². The summed E-state index contributed by atoms with van der Waals surface area (Å²) in [4.78, 5) is 26.8. The van der Waals surface area contributed by atoms with Gasteiger partial charge in [-0.1, -0.05) is 42.5 Å². The molecule has 1 saturated heterocycles. The lowest BCUT2D eigenvalue weighted by Gasteiger charge is -2.28. The number of anilines is 1. The summed E-state index contributed by atoms with van der Waals surface area (Å²) in [6, 6.07) is 17.9. The van der Waals surface area contributed by atoms with Crippen molar-refractivity contribution < 1.29 is 14.6 Å². The van der Waals surface area contributed by atoms with Crippen LogP contribution in [-0.2, 0) is 4.74 Å². The molecule has 28 heavy (non-hydrogen) atoms. The number of nitrogens with zero attached hydrogens (tertiary/aromatic N) is 1. The molecule has 0 amide bonds. The van der Waals surface area contributed by atoms with E-state index in [9.17, 15) is 14.7 Å². The van der Waals surface area contributed by atoms with Crippen molar-refractivity contribution in [1.29, 1.82) is 0 Å². The average molecular weight is 393 g/mol. The normalized spacial score (nSPS) is 14.1. The van der Waals surface area contributed by atoms with E-state index in [0.717, 1.165) is 34.1 Å². The van der Waals surface area contributed by atoms with Crippen LogP contribution in [-0.4, -0.2) is 37.4 Å². The van der Waals surface area contributed by atoms with E-state index in [1.165, 1.54) is 0 Å². The minimum absolute atomic E-state index is 0.0180. The lowest BCUT2D eigenvalue weighted by molar-refractivity contribution is 0.0697. The Morgan fingerprint density at radius 3 is 2.36 bits per heavy atom. The Bertz CT molecular complexity index is 1050. The first-order valence-electron chi connectivity index (χ1n) is 9.03. The Hall–Kier alpha value is -2.96. The standard InChI is InChI=1S/C22H19NO4S/c24-17-13-20(28-21(14-17)23-9-11-27-12-10-23)16-7-5-15(6-8-16)18-3-1-2-4-19(18)22(25)26/h1-8,13-14H,9-12H2,(H,25,26). The highest BCUT2D eigenvalue weighted by molar-refractivity contribution is 7.19. The second-order valence-corrected chi connectivity index (χ2v) is 7.59. The van der Waals surface area contributed by atoms with Crippen LogP contribution in [0, 0.1) is 0 Å². The van der Waals surface area contributed by atoms with Gasteiger partial charge in [0.2, 0.25) is 0 Å². The van der Waals surface area contributed by atoms with Gasteiger partial charge in [0.25, 0.3) is 0 Å². The van der Waals surface area contributed by atoms with Gasteiger partial charge in [0.05, 0.1) is 23.8 Å². The maximum Gasteiger partial charge on any atom is 0.336 e. The number of carboxylic acids is 1. The molecule has 1 aliphatic heterocycles. The molecule has 1 fully saturated rings. The van der Waals surface area contributed by atoms with Crippen LogP contribution in [0.2, 0.25) is 0 Å². The van der Waals surface area contributed by atoms with Gasteiger partial charge < -0.3 is 14.7 Å². The minimum Gasteiger partial charge on any atom is -0.478 e. The Kier molecular flexibility index (Phi) is 5.23. The number of ether oxygens (including phenoxy) is 1. The second kappa shape index (κ2) is 7.96. The fraction of sp³-hybridized carbons (Fsp3) is 0.182. The van der Waals surface area contributed by atoms with Gasteiger partial charge in [-0.05, 0) is 22.8 Å². The zero-order chi connectivity index (χ0) is 19.5. The fourth-order valence-electron chi connectivity index (χ4n) is 3.28. The maximum absolute atomic E-state index is 12.2. The van der Waals surface area contributed by atoms with E-state index in [1.807, 2.05) is 30.3 Å². The zero-order valence-corrected chi connectivity index (χ0v) is 15.9. The zero-order valence-electron chi connectivity index (χ0n) is 15.1. The summed E-state index contributed by atoms with van der Waals surface area (Å²) in [7, 11) is 0. The minimum atomic E-state index is -0.948.